The molecule has 0 fully saturated rings. The third kappa shape index (κ3) is 2.22. The van der Waals surface area contributed by atoms with Gasteiger partial charge >= 0.3 is 73.1 Å². The summed E-state index contributed by atoms with van der Waals surface area (Å²) in [5.41, 5.74) is 5.22. The van der Waals surface area contributed by atoms with E-state index in [0.29, 0.717) is 0 Å². The number of rotatable bonds is 2. The minimum atomic E-state index is -2.17. The molecule has 0 spiro atoms. The molecule has 1 atom stereocenters. The zero-order valence-corrected chi connectivity index (χ0v) is 9.75. The van der Waals surface area contributed by atoms with Crippen LogP contribution in [0, 0.1) is 0 Å². The summed E-state index contributed by atoms with van der Waals surface area (Å²) < 4.78 is 1.11. The Bertz CT molecular complexity index is 248. The molecule has 0 aromatic heterocycles. The first-order valence-electron chi connectivity index (χ1n) is 3.56. The second kappa shape index (κ2) is 3.76. The first-order valence-corrected chi connectivity index (χ1v) is 10.1. The van der Waals surface area contributed by atoms with E-state index in [1.165, 1.54) is 3.58 Å². The quantitative estimate of drug-likeness (QED) is 0.765. The van der Waals surface area contributed by atoms with Crippen LogP contribution >= 0.6 is 0 Å². The Morgan fingerprint density at radius 3 is 2.36 bits per heavy atom. The zero-order chi connectivity index (χ0) is 8.27. The van der Waals surface area contributed by atoms with Gasteiger partial charge in [0.1, 0.15) is 0 Å². The molecule has 0 aliphatic heterocycles. The topological polar surface area (TPSA) is 43.1 Å². The zero-order valence-electron chi connectivity index (χ0n) is 6.45. The van der Waals surface area contributed by atoms with Gasteiger partial charge in [0.25, 0.3) is 0 Å². The van der Waals surface area contributed by atoms with Crippen molar-refractivity contribution in [2.24, 2.45) is 5.73 Å². The third-order valence-electron chi connectivity index (χ3n) is 1.73. The number of benzene rings is 1. The Labute approximate surface area is 73.1 Å². The van der Waals surface area contributed by atoms with Gasteiger partial charge in [0.15, 0.2) is 0 Å². The fraction of sp³-hybridized carbons (Fsp3) is 0.125. The Balaban J connectivity index is 2.85. The van der Waals surface area contributed by atoms with E-state index in [2.05, 4.69) is 0 Å². The molecule has 11 heavy (non-hydrogen) atoms. The van der Waals surface area contributed by atoms with E-state index in [9.17, 15) is 4.79 Å². The summed E-state index contributed by atoms with van der Waals surface area (Å²) >= 11 is -2.17. The Hall–Kier alpha value is -0.511. The molecule has 0 aliphatic carbocycles. The van der Waals surface area contributed by atoms with Crippen LogP contribution in [-0.4, -0.2) is 23.7 Å². The normalized spacial score (nSPS) is 12.5. The van der Waals surface area contributed by atoms with Crippen LogP contribution < -0.4 is 9.31 Å². The summed E-state index contributed by atoms with van der Waals surface area (Å²) in [5.74, 6) is 0. The number of primary amides is 1. The molecule has 2 nitrogen and oxygen atoms in total. The monoisotopic (exact) mass is 257 g/mol. The number of carbonyl (C=O) groups is 1. The summed E-state index contributed by atoms with van der Waals surface area (Å²) in [7, 11) is 0. The second-order valence-corrected chi connectivity index (χ2v) is 10.2. The van der Waals surface area contributed by atoms with E-state index < -0.39 is 19.8 Å². The van der Waals surface area contributed by atoms with Crippen molar-refractivity contribution in [1.82, 2.24) is 0 Å². The minimum absolute atomic E-state index is 0.0713. The van der Waals surface area contributed by atoms with Gasteiger partial charge in [-0.2, -0.15) is 0 Å². The molecular formula is C8H11NOSn. The summed E-state index contributed by atoms with van der Waals surface area (Å²) in [6, 6.07) is 9.83. The molecule has 0 heterocycles. The van der Waals surface area contributed by atoms with Crippen LogP contribution in [0.5, 0.6) is 0 Å². The average molecular weight is 256 g/mol. The van der Waals surface area contributed by atoms with E-state index in [-0.39, 0.29) is 3.92 Å². The van der Waals surface area contributed by atoms with Crippen molar-refractivity contribution in [3.63, 3.8) is 0 Å². The third-order valence-corrected chi connectivity index (χ3v) is 8.12. The van der Waals surface area contributed by atoms with Gasteiger partial charge in [-0.05, 0) is 0 Å². The fourth-order valence-corrected chi connectivity index (χ4v) is 4.13. The van der Waals surface area contributed by atoms with E-state index in [0.717, 1.165) is 0 Å². The standard InChI is InChI=1S/C6H5.CH2NO.CH3.Sn.H/c1-2-4-6-5-3-1;2-1-3;;;/h1-5H;(H2,2,3);1H3;;. The van der Waals surface area contributed by atoms with Crippen molar-refractivity contribution >= 4 is 27.3 Å². The van der Waals surface area contributed by atoms with E-state index in [4.69, 9.17) is 5.73 Å². The van der Waals surface area contributed by atoms with Gasteiger partial charge in [0, 0.05) is 0 Å². The predicted octanol–water partition coefficient (Wildman–Crippen LogP) is 0.411. The van der Waals surface area contributed by atoms with Gasteiger partial charge in [0.05, 0.1) is 0 Å². The SMILES string of the molecule is [CH3][SnH]([C](N)=O)[c]1ccccc1. The molecule has 1 rings (SSSR count). The maximum absolute atomic E-state index is 10.8. The van der Waals surface area contributed by atoms with Crippen molar-refractivity contribution in [2.45, 2.75) is 4.94 Å². The molecule has 0 aliphatic rings. The van der Waals surface area contributed by atoms with Crippen LogP contribution in [0.15, 0.2) is 30.3 Å². The molecule has 1 aromatic carbocycles. The summed E-state index contributed by atoms with van der Waals surface area (Å²) in [6.45, 7) is 0. The maximum atomic E-state index is 10.8. The summed E-state index contributed by atoms with van der Waals surface area (Å²) in [5, 5.41) is 0. The molecule has 58 valence electrons. The molecule has 0 bridgehead atoms. The van der Waals surface area contributed by atoms with Crippen molar-refractivity contribution in [3.8, 4) is 0 Å². The number of hydrogen-bond donors (Lipinski definition) is 1. The number of hydrogen-bond acceptors (Lipinski definition) is 1. The van der Waals surface area contributed by atoms with Gasteiger partial charge < -0.3 is 0 Å². The van der Waals surface area contributed by atoms with Crippen LogP contribution in [0.1, 0.15) is 0 Å². The van der Waals surface area contributed by atoms with E-state index >= 15 is 0 Å². The van der Waals surface area contributed by atoms with Gasteiger partial charge in [0.2, 0.25) is 0 Å². The van der Waals surface area contributed by atoms with Crippen LogP contribution in [0.3, 0.4) is 0 Å². The Kier molecular flexibility index (Phi) is 2.93. The molecule has 0 radical (unpaired) electrons. The number of nitrogens with two attached hydrogens (primary N) is 1. The van der Waals surface area contributed by atoms with Crippen molar-refractivity contribution in [2.75, 3.05) is 0 Å². The Morgan fingerprint density at radius 2 is 1.91 bits per heavy atom. The molecule has 0 saturated heterocycles. The van der Waals surface area contributed by atoms with Crippen molar-refractivity contribution < 1.29 is 4.79 Å². The first-order chi connectivity index (χ1) is 5.22. The number of carbonyl (C=O) groups excluding carboxylic acids is 1. The second-order valence-electron chi connectivity index (χ2n) is 2.53. The van der Waals surface area contributed by atoms with Gasteiger partial charge in [-0.25, -0.2) is 0 Å². The molecule has 1 aromatic rings. The molecule has 2 N–H and O–H groups in total. The molecule has 0 saturated carbocycles. The Morgan fingerprint density at radius 1 is 1.36 bits per heavy atom. The van der Waals surface area contributed by atoms with Crippen LogP contribution in [0.25, 0.3) is 0 Å². The van der Waals surface area contributed by atoms with Crippen LogP contribution in [0.4, 0.5) is 4.79 Å². The molecule has 1 amide bonds. The van der Waals surface area contributed by atoms with Crippen molar-refractivity contribution in [1.29, 1.82) is 0 Å². The van der Waals surface area contributed by atoms with Crippen LogP contribution in [0.2, 0.25) is 4.94 Å². The number of amides is 1. The summed E-state index contributed by atoms with van der Waals surface area (Å²) in [6.07, 6.45) is 0. The average Bonchev–Trinajstić information content (AvgIpc) is 2.05. The first kappa shape index (κ1) is 8.58. The van der Waals surface area contributed by atoms with Gasteiger partial charge in [-0.3, -0.25) is 0 Å². The predicted molar refractivity (Wildman–Crippen MR) is 48.7 cm³/mol. The van der Waals surface area contributed by atoms with Gasteiger partial charge in [-0.15, -0.1) is 0 Å². The van der Waals surface area contributed by atoms with E-state index in [1.54, 1.807) is 0 Å². The molecular weight excluding hydrogens is 245 g/mol. The molecule has 1 unspecified atom stereocenters. The fourth-order valence-electron chi connectivity index (χ4n) is 0.906. The van der Waals surface area contributed by atoms with Crippen molar-refractivity contribution in [3.05, 3.63) is 30.3 Å². The van der Waals surface area contributed by atoms with Crippen LogP contribution in [-0.2, 0) is 0 Å². The van der Waals surface area contributed by atoms with Gasteiger partial charge in [-0.1, -0.05) is 0 Å². The summed E-state index contributed by atoms with van der Waals surface area (Å²) in [4.78, 5) is 12.8. The molecule has 3 heteroatoms. The van der Waals surface area contributed by atoms with E-state index in [1.807, 2.05) is 35.3 Å².